The van der Waals surface area contributed by atoms with Crippen molar-refractivity contribution < 1.29 is 5.11 Å². The van der Waals surface area contributed by atoms with Gasteiger partial charge >= 0.3 is 0 Å². The second-order valence-electron chi connectivity index (χ2n) is 4.27. The maximum Gasteiger partial charge on any atom is 0.149 e. The van der Waals surface area contributed by atoms with Crippen LogP contribution >= 0.6 is 11.6 Å². The van der Waals surface area contributed by atoms with Crippen molar-refractivity contribution in [3.63, 3.8) is 0 Å². The summed E-state index contributed by atoms with van der Waals surface area (Å²) in [5.74, 6) is 0.598. The molecule has 0 saturated heterocycles. The van der Waals surface area contributed by atoms with Gasteiger partial charge in [0, 0.05) is 24.8 Å². The van der Waals surface area contributed by atoms with E-state index in [4.69, 9.17) is 22.4 Å². The summed E-state index contributed by atoms with van der Waals surface area (Å²) in [6.07, 6.45) is 1.53. The summed E-state index contributed by atoms with van der Waals surface area (Å²) in [7, 11) is 0. The third kappa shape index (κ3) is 3.57. The summed E-state index contributed by atoms with van der Waals surface area (Å²) in [6, 6.07) is 1.64. The zero-order chi connectivity index (χ0) is 11.5. The number of halogens is 1. The molecule has 0 aliphatic heterocycles. The molecular formula is C10H16ClN3O. The predicted molar refractivity (Wildman–Crippen MR) is 63.0 cm³/mol. The van der Waals surface area contributed by atoms with Gasteiger partial charge in [-0.3, -0.25) is 0 Å². The van der Waals surface area contributed by atoms with E-state index < -0.39 is 0 Å². The van der Waals surface area contributed by atoms with Crippen molar-refractivity contribution in [2.45, 2.75) is 13.8 Å². The fourth-order valence-corrected chi connectivity index (χ4v) is 1.15. The average Bonchev–Trinajstić information content (AvgIpc) is 2.16. The Morgan fingerprint density at radius 1 is 1.60 bits per heavy atom. The Morgan fingerprint density at radius 3 is 2.80 bits per heavy atom. The molecule has 0 bridgehead atoms. The van der Waals surface area contributed by atoms with E-state index in [1.54, 1.807) is 6.07 Å². The molecular weight excluding hydrogens is 214 g/mol. The summed E-state index contributed by atoms with van der Waals surface area (Å²) in [5.41, 5.74) is 6.03. The van der Waals surface area contributed by atoms with Gasteiger partial charge in [-0.15, -0.1) is 0 Å². The van der Waals surface area contributed by atoms with E-state index in [9.17, 15) is 0 Å². The predicted octanol–water partition coefficient (Wildman–Crippen LogP) is 1.75. The van der Waals surface area contributed by atoms with Crippen LogP contribution in [0.3, 0.4) is 0 Å². The number of nitrogens with two attached hydrogens (primary N) is 1. The molecule has 0 fully saturated rings. The molecule has 0 aliphatic rings. The number of aromatic nitrogens is 1. The lowest BCUT2D eigenvalue weighted by Crippen LogP contribution is -2.27. The van der Waals surface area contributed by atoms with E-state index in [0.29, 0.717) is 23.1 Å². The van der Waals surface area contributed by atoms with Crippen molar-refractivity contribution in [3.8, 4) is 0 Å². The van der Waals surface area contributed by atoms with Crippen LogP contribution in [0.5, 0.6) is 0 Å². The lowest BCUT2D eigenvalue weighted by atomic mass is 9.95. The van der Waals surface area contributed by atoms with Crippen LogP contribution in [0.1, 0.15) is 13.8 Å². The molecule has 4 nitrogen and oxygen atoms in total. The van der Waals surface area contributed by atoms with Crippen LogP contribution in [-0.2, 0) is 0 Å². The maximum atomic E-state index is 9.07. The Hall–Kier alpha value is -1.00. The molecule has 0 aliphatic carbocycles. The molecule has 0 saturated carbocycles. The third-order valence-electron chi connectivity index (χ3n) is 2.05. The van der Waals surface area contributed by atoms with Gasteiger partial charge in [0.2, 0.25) is 0 Å². The molecule has 1 heterocycles. The van der Waals surface area contributed by atoms with Gasteiger partial charge in [-0.1, -0.05) is 25.4 Å². The quantitative estimate of drug-likeness (QED) is 0.736. The van der Waals surface area contributed by atoms with E-state index in [1.807, 2.05) is 13.8 Å². The minimum atomic E-state index is -0.201. The SMILES string of the molecule is CC(C)(CO)CNc1ncc(Cl)cc1N. The highest BCUT2D eigenvalue weighted by molar-refractivity contribution is 6.30. The topological polar surface area (TPSA) is 71.2 Å². The van der Waals surface area contributed by atoms with Crippen LogP contribution in [0.4, 0.5) is 11.5 Å². The van der Waals surface area contributed by atoms with Crippen LogP contribution in [0, 0.1) is 5.41 Å². The molecule has 84 valence electrons. The van der Waals surface area contributed by atoms with E-state index in [0.717, 1.165) is 0 Å². The van der Waals surface area contributed by atoms with Gasteiger partial charge in [-0.25, -0.2) is 4.98 Å². The summed E-state index contributed by atoms with van der Waals surface area (Å²) in [6.45, 7) is 4.61. The zero-order valence-corrected chi connectivity index (χ0v) is 9.67. The summed E-state index contributed by atoms with van der Waals surface area (Å²) in [4.78, 5) is 4.07. The number of nitrogen functional groups attached to an aromatic ring is 1. The number of rotatable bonds is 4. The van der Waals surface area contributed by atoms with Crippen molar-refractivity contribution in [3.05, 3.63) is 17.3 Å². The average molecular weight is 230 g/mol. The van der Waals surface area contributed by atoms with Crippen molar-refractivity contribution >= 4 is 23.1 Å². The number of nitrogens with zero attached hydrogens (tertiary/aromatic N) is 1. The number of hydrogen-bond donors (Lipinski definition) is 3. The highest BCUT2D eigenvalue weighted by Gasteiger charge is 2.16. The third-order valence-corrected chi connectivity index (χ3v) is 2.25. The van der Waals surface area contributed by atoms with Gasteiger partial charge in [-0.2, -0.15) is 0 Å². The second-order valence-corrected chi connectivity index (χ2v) is 4.70. The highest BCUT2D eigenvalue weighted by atomic mass is 35.5. The van der Waals surface area contributed by atoms with Crippen molar-refractivity contribution in [2.24, 2.45) is 5.41 Å². The summed E-state index contributed by atoms with van der Waals surface area (Å²) >= 11 is 5.72. The Balaban J connectivity index is 2.66. The first-order chi connectivity index (χ1) is 6.94. The molecule has 0 spiro atoms. The minimum Gasteiger partial charge on any atom is -0.396 e. The second kappa shape index (κ2) is 4.68. The van der Waals surface area contributed by atoms with Gasteiger partial charge in [0.25, 0.3) is 0 Å². The Kier molecular flexibility index (Phi) is 3.77. The highest BCUT2D eigenvalue weighted by Crippen LogP contribution is 2.21. The largest absolute Gasteiger partial charge is 0.396 e. The first-order valence-electron chi connectivity index (χ1n) is 4.70. The number of anilines is 2. The molecule has 0 unspecified atom stereocenters. The van der Waals surface area contributed by atoms with Crippen LogP contribution < -0.4 is 11.1 Å². The lowest BCUT2D eigenvalue weighted by Gasteiger charge is -2.22. The molecule has 0 amide bonds. The van der Waals surface area contributed by atoms with Crippen molar-refractivity contribution in [2.75, 3.05) is 24.2 Å². The molecule has 0 radical (unpaired) electrons. The van der Waals surface area contributed by atoms with Crippen molar-refractivity contribution in [1.29, 1.82) is 0 Å². The van der Waals surface area contributed by atoms with Gasteiger partial charge in [0.15, 0.2) is 0 Å². The number of pyridine rings is 1. The molecule has 1 aromatic rings. The molecule has 0 atom stereocenters. The molecule has 4 N–H and O–H groups in total. The smallest absolute Gasteiger partial charge is 0.149 e. The molecule has 1 aromatic heterocycles. The first-order valence-corrected chi connectivity index (χ1v) is 5.08. The molecule has 5 heteroatoms. The van der Waals surface area contributed by atoms with E-state index in [1.165, 1.54) is 6.20 Å². The van der Waals surface area contributed by atoms with Gasteiger partial charge in [0.05, 0.1) is 10.7 Å². The van der Waals surface area contributed by atoms with Crippen LogP contribution in [0.25, 0.3) is 0 Å². The lowest BCUT2D eigenvalue weighted by molar-refractivity contribution is 0.171. The number of hydrogen-bond acceptors (Lipinski definition) is 4. The van der Waals surface area contributed by atoms with Crippen LogP contribution in [-0.4, -0.2) is 23.2 Å². The normalized spacial score (nSPS) is 11.5. The Bertz CT molecular complexity index is 341. The molecule has 0 aromatic carbocycles. The monoisotopic (exact) mass is 229 g/mol. The van der Waals surface area contributed by atoms with Gasteiger partial charge < -0.3 is 16.2 Å². The standard InChI is InChI=1S/C10H16ClN3O/c1-10(2,6-15)5-14-9-8(12)3-7(11)4-13-9/h3-4,15H,5-6,12H2,1-2H3,(H,13,14). The van der Waals surface area contributed by atoms with Crippen LogP contribution in [0.15, 0.2) is 12.3 Å². The zero-order valence-electron chi connectivity index (χ0n) is 8.92. The minimum absolute atomic E-state index is 0.105. The van der Waals surface area contributed by atoms with Crippen LogP contribution in [0.2, 0.25) is 5.02 Å². The first kappa shape index (κ1) is 12.1. The number of aliphatic hydroxyl groups excluding tert-OH is 1. The molecule has 1 rings (SSSR count). The maximum absolute atomic E-state index is 9.07. The fraction of sp³-hybridized carbons (Fsp3) is 0.500. The number of nitrogens with one attached hydrogen (secondary N) is 1. The van der Waals surface area contributed by atoms with Crippen molar-refractivity contribution in [1.82, 2.24) is 4.98 Å². The Morgan fingerprint density at radius 2 is 2.27 bits per heavy atom. The van der Waals surface area contributed by atoms with E-state index in [2.05, 4.69) is 10.3 Å². The fourth-order valence-electron chi connectivity index (χ4n) is 0.982. The Labute approximate surface area is 94.5 Å². The van der Waals surface area contributed by atoms with E-state index >= 15 is 0 Å². The van der Waals surface area contributed by atoms with E-state index in [-0.39, 0.29) is 12.0 Å². The number of aliphatic hydroxyl groups is 1. The molecule has 15 heavy (non-hydrogen) atoms. The summed E-state index contributed by atoms with van der Waals surface area (Å²) in [5, 5.41) is 12.7. The van der Waals surface area contributed by atoms with Gasteiger partial charge in [0.1, 0.15) is 5.82 Å². The summed E-state index contributed by atoms with van der Waals surface area (Å²) < 4.78 is 0. The van der Waals surface area contributed by atoms with Gasteiger partial charge in [-0.05, 0) is 6.07 Å².